The third-order valence-electron chi connectivity index (χ3n) is 23.6. The number of nitrogens with zero attached hydrogens (tertiary/aromatic N) is 20. The maximum atomic E-state index is 13.5. The summed E-state index contributed by atoms with van der Waals surface area (Å²) in [7, 11) is 0. The molecule has 6 aromatic heterocycles. The summed E-state index contributed by atoms with van der Waals surface area (Å²) in [4.78, 5) is 180. The van der Waals surface area contributed by atoms with Gasteiger partial charge in [-0.15, -0.1) is 20.4 Å². The van der Waals surface area contributed by atoms with Crippen molar-refractivity contribution in [2.24, 2.45) is 17.7 Å². The third-order valence-corrected chi connectivity index (χ3v) is 23.6. The Morgan fingerprint density at radius 3 is 1.07 bits per heavy atom. The van der Waals surface area contributed by atoms with Gasteiger partial charge in [0, 0.05) is 110 Å². The van der Waals surface area contributed by atoms with Crippen LogP contribution in [0.3, 0.4) is 0 Å². The molecule has 0 bridgehead atoms. The topological polar surface area (TPSA) is 534 Å². The molecule has 3 aromatic carbocycles. The number of para-hydroxylation sites is 1. The van der Waals surface area contributed by atoms with Gasteiger partial charge in [0.05, 0.1) is 183 Å². The molecule has 52 heteroatoms. The summed E-state index contributed by atoms with van der Waals surface area (Å²) in [6.45, 7) is 35.2. The van der Waals surface area contributed by atoms with Crippen molar-refractivity contribution in [3.05, 3.63) is 161 Å². The molecular weight excluding hydrogens is 1930 g/mol. The molecule has 14 heterocycles. The lowest BCUT2D eigenvalue weighted by atomic mass is 10.1. The standard InChI is InChI=1S/C21H20F3N7O3.C20H29N5O5.C19H26N6O4.C17H26N6O4.C13H8F3NO2.C4H6O3/c1-10-7-31-17(9-29(10)21(33)26-13-4-14(22)19(24)15(23)5-13)16(6-25-31)30-8-12(3-18(30)32)20-28-27-11(2)34-20;1-12-9-25-16(11-23(12)19(29)30-20(3,4)5)15(8-22-25)24-10-14(6-17(24)27)18(28)21-7-13(2)26;1-11-8-25-15(10-23(11)18(27)29-19(3,4)5)14(7-20-25)24-9-13(6-16(24)26)17-22-21-12(2)28-17;1-10-7-23-13(9-21(10)16(26)27-17(2,3)4)12(6-19-23)22-8-11(5-14(22)24)15(25)20-18;14-10-6-8(7-11(15)12(10)16)17-13(18)19-9-4-2-1-3-5-9;1-3(5)7-4(2)6/h4-6,10,12H,3,7-9H2,1-2H3,(H,26,33);8,12,14H,6-7,9-11H2,1-5H3,(H,21,28);7,11,13H,6,8-10H2,1-5H3;6,10-11H,5,7-9,18H2,1-4H3,(H,20,25);1-7H,(H,17,18);1-2H3/t10-,12?;12-,14?;11-,13?;10-,11?;;/m0000../s1. The van der Waals surface area contributed by atoms with Gasteiger partial charge in [0.25, 0.3) is 0 Å². The zero-order valence-electron chi connectivity index (χ0n) is 83.5. The average Bonchev–Trinajstić information content (AvgIpc) is 1.63. The largest absolute Gasteiger partial charge is 0.444 e. The number of rotatable bonds is 13. The number of urea groups is 1. The van der Waals surface area contributed by atoms with Gasteiger partial charge in [-0.25, -0.2) is 56.2 Å². The summed E-state index contributed by atoms with van der Waals surface area (Å²) in [6.07, 6.45) is 5.05. The van der Waals surface area contributed by atoms with E-state index in [0.717, 1.165) is 17.1 Å². The van der Waals surface area contributed by atoms with Crippen LogP contribution in [0.1, 0.15) is 195 Å². The van der Waals surface area contributed by atoms with Crippen LogP contribution in [0, 0.1) is 60.6 Å². The number of ketones is 1. The van der Waals surface area contributed by atoms with E-state index in [1.54, 1.807) is 112 Å². The van der Waals surface area contributed by atoms with Gasteiger partial charge < -0.3 is 67.7 Å². The van der Waals surface area contributed by atoms with E-state index in [0.29, 0.717) is 129 Å². The SMILES string of the molecule is CC(=O)CNC(=O)C1CC(=O)N(c2cnn3c2CN(C(=O)OC(C)(C)C)[C@@H](C)C3)C1.CC(=O)OC(C)=O.C[C@H]1Cn2ncc(N3CC(C(=O)NN)CC3=O)c2CN1C(=O)OC(C)(C)C.Cc1nnc(C2CC(=O)N(c3cnn4c3CN(C(=O)Nc3cc(F)c(F)c(F)c3)[C@@H](C)C4)C2)o1.Cc1nnc(C2CC(=O)N(c3cnn4c3CN(C(=O)OC(C)(C)C)[C@@H](C)C4)C2)o1.O=C(Nc1cc(F)c(F)c(F)c1)Oc1ccccc1. The summed E-state index contributed by atoms with van der Waals surface area (Å²) < 4.78 is 122. The van der Waals surface area contributed by atoms with Crippen LogP contribution in [0.25, 0.3) is 0 Å². The van der Waals surface area contributed by atoms with E-state index >= 15 is 0 Å². The van der Waals surface area contributed by atoms with E-state index in [1.807, 2.05) is 87.8 Å². The Kier molecular flexibility index (Phi) is 34.0. The van der Waals surface area contributed by atoms with E-state index < -0.39 is 99.8 Å². The van der Waals surface area contributed by atoms with Crippen molar-refractivity contribution in [1.29, 1.82) is 0 Å². The van der Waals surface area contributed by atoms with Gasteiger partial charge in [-0.3, -0.25) is 87.3 Å². The predicted molar refractivity (Wildman–Crippen MR) is 502 cm³/mol. The lowest BCUT2D eigenvalue weighted by Gasteiger charge is -2.36. The molecule has 8 aliphatic rings. The van der Waals surface area contributed by atoms with Crippen LogP contribution in [-0.2, 0) is 114 Å². The van der Waals surface area contributed by atoms with Crippen LogP contribution in [0.4, 0.5) is 84.4 Å². The minimum absolute atomic E-state index is 0.0240. The second-order valence-corrected chi connectivity index (χ2v) is 38.7. The number of anilines is 6. The fourth-order valence-corrected chi connectivity index (χ4v) is 16.7. The molecule has 0 spiro atoms. The Balaban J connectivity index is 0.000000161. The van der Waals surface area contributed by atoms with Crippen molar-refractivity contribution in [2.75, 3.05) is 63.0 Å². The molecule has 146 heavy (non-hydrogen) atoms. The number of Topliss-reactive ketones (excluding diaryl/α,β-unsaturated/α-hetero) is 1. The average molecular weight is 2050 g/mol. The van der Waals surface area contributed by atoms with Gasteiger partial charge in [-0.05, 0) is 109 Å². The smallest absolute Gasteiger partial charge is 0.417 e. The summed E-state index contributed by atoms with van der Waals surface area (Å²) in [5.74, 6) is -5.47. The van der Waals surface area contributed by atoms with E-state index in [9.17, 15) is 93.5 Å². The molecule has 8 atom stereocenters. The first-order valence-electron chi connectivity index (χ1n) is 46.4. The number of nitrogens with one attached hydrogen (secondary N) is 4. The highest BCUT2D eigenvalue weighted by molar-refractivity contribution is 6.03. The lowest BCUT2D eigenvalue weighted by molar-refractivity contribution is -0.156. The molecule has 784 valence electrons. The zero-order chi connectivity index (χ0) is 107. The quantitative estimate of drug-likeness (QED) is 0.0105. The maximum Gasteiger partial charge on any atom is 0.417 e. The first kappa shape index (κ1) is 109. The number of aromatic nitrogens is 12. The number of hydrazine groups is 1. The van der Waals surface area contributed by atoms with Gasteiger partial charge in [0.2, 0.25) is 59.0 Å². The Morgan fingerprint density at radius 1 is 0.432 bits per heavy atom. The van der Waals surface area contributed by atoms with Crippen molar-refractivity contribution in [3.8, 4) is 5.75 Å². The summed E-state index contributed by atoms with van der Waals surface area (Å²) >= 11 is 0. The molecule has 0 radical (unpaired) electrons. The maximum absolute atomic E-state index is 13.5. The molecule has 0 saturated carbocycles. The highest BCUT2D eigenvalue weighted by Gasteiger charge is 2.46. The molecule has 0 aliphatic carbocycles. The van der Waals surface area contributed by atoms with E-state index in [1.165, 1.54) is 37.8 Å². The van der Waals surface area contributed by atoms with Gasteiger partial charge in [0.1, 0.15) is 28.3 Å². The fraction of sp³-hybridized carbons (Fsp3) is 0.489. The van der Waals surface area contributed by atoms with E-state index in [-0.39, 0.29) is 159 Å². The Labute approximate surface area is 832 Å². The molecule has 17 rings (SSSR count). The van der Waals surface area contributed by atoms with Crippen molar-refractivity contribution >= 4 is 118 Å². The highest BCUT2D eigenvalue weighted by atomic mass is 19.2. The molecule has 46 nitrogen and oxygen atoms in total. The summed E-state index contributed by atoms with van der Waals surface area (Å²) in [6, 6.07) is 9.65. The number of benzene rings is 3. The van der Waals surface area contributed by atoms with E-state index in [4.69, 9.17) is 33.6 Å². The first-order chi connectivity index (χ1) is 68.6. The number of hydrogen-bond acceptors (Lipinski definition) is 30. The number of amides is 12. The molecule has 8 aliphatic heterocycles. The minimum atomic E-state index is -1.61. The van der Waals surface area contributed by atoms with Crippen LogP contribution in [-0.4, -0.2) is 236 Å². The second kappa shape index (κ2) is 45.5. The van der Waals surface area contributed by atoms with Crippen molar-refractivity contribution in [1.82, 2.24) is 89.9 Å². The van der Waals surface area contributed by atoms with Gasteiger partial charge >= 0.3 is 42.3 Å². The van der Waals surface area contributed by atoms with Crippen LogP contribution in [0.15, 0.2) is 88.2 Å². The zero-order valence-corrected chi connectivity index (χ0v) is 83.5. The molecule has 12 amide bonds. The van der Waals surface area contributed by atoms with Crippen LogP contribution < -0.4 is 51.6 Å². The van der Waals surface area contributed by atoms with Crippen LogP contribution in [0.5, 0.6) is 5.75 Å². The number of nitrogens with two attached hydrogens (primary N) is 1. The number of aryl methyl sites for hydroxylation is 2. The molecule has 4 fully saturated rings. The normalized spacial score (nSPS) is 19.3. The first-order valence-corrected chi connectivity index (χ1v) is 46.4. The lowest BCUT2D eigenvalue weighted by Crippen LogP contribution is -2.47. The number of halogens is 6. The van der Waals surface area contributed by atoms with Crippen molar-refractivity contribution < 1.29 is 126 Å². The number of ether oxygens (including phenoxy) is 5. The van der Waals surface area contributed by atoms with Crippen LogP contribution in [0.2, 0.25) is 0 Å². The summed E-state index contributed by atoms with van der Waals surface area (Å²) in [5, 5.41) is 40.4. The number of hydrogen-bond donors (Lipinski definition) is 5. The number of carbonyl (C=O) groups is 14. The molecular formula is C94H115F6N25O21. The monoisotopic (exact) mass is 2040 g/mol. The minimum Gasteiger partial charge on any atom is -0.444 e. The number of carbonyl (C=O) groups excluding carboxylic acids is 14. The third kappa shape index (κ3) is 27.2. The Hall–Kier alpha value is -15.7. The fourth-order valence-electron chi connectivity index (χ4n) is 16.7. The molecule has 4 unspecified atom stereocenters. The van der Waals surface area contributed by atoms with Crippen molar-refractivity contribution in [2.45, 2.75) is 255 Å². The van der Waals surface area contributed by atoms with Gasteiger partial charge in [-0.2, -0.15) is 20.4 Å². The highest BCUT2D eigenvalue weighted by Crippen LogP contribution is 2.41. The van der Waals surface area contributed by atoms with Gasteiger partial charge in [-0.1, -0.05) is 18.2 Å². The number of esters is 2. The molecule has 9 aromatic rings. The summed E-state index contributed by atoms with van der Waals surface area (Å²) in [5.41, 5.74) is 5.32. The van der Waals surface area contributed by atoms with Crippen LogP contribution >= 0.6 is 0 Å². The molecule has 6 N–H and O–H groups in total. The molecule has 4 saturated heterocycles. The van der Waals surface area contributed by atoms with E-state index in [2.05, 4.69) is 66.9 Å². The second-order valence-electron chi connectivity index (χ2n) is 38.7. The predicted octanol–water partition coefficient (Wildman–Crippen LogP) is 10.4. The Bertz CT molecular complexity index is 6360. The van der Waals surface area contributed by atoms with Crippen molar-refractivity contribution in [3.63, 3.8) is 0 Å². The van der Waals surface area contributed by atoms with Gasteiger partial charge in [0.15, 0.2) is 34.9 Å². The Morgan fingerprint density at radius 2 is 0.753 bits per heavy atom. The number of fused-ring (bicyclic) bond motifs is 4.